The van der Waals surface area contributed by atoms with E-state index in [0.29, 0.717) is 17.8 Å². The highest BCUT2D eigenvalue weighted by molar-refractivity contribution is 5.47. The summed E-state index contributed by atoms with van der Waals surface area (Å²) in [5.74, 6) is -0.146. The van der Waals surface area contributed by atoms with E-state index in [2.05, 4.69) is 24.1 Å². The number of hydrogen-bond donors (Lipinski definition) is 1. The van der Waals surface area contributed by atoms with Crippen molar-refractivity contribution in [3.8, 4) is 0 Å². The molecule has 1 aliphatic rings. The normalized spacial score (nSPS) is 18.3. The molecule has 0 atom stereocenters. The van der Waals surface area contributed by atoms with E-state index in [1.54, 1.807) is 6.07 Å². The smallest absolute Gasteiger partial charge is 0.146 e. The van der Waals surface area contributed by atoms with Crippen LogP contribution in [0.3, 0.4) is 0 Å². The van der Waals surface area contributed by atoms with Crippen molar-refractivity contribution in [2.75, 3.05) is 18.4 Å². The lowest BCUT2D eigenvalue weighted by molar-refractivity contribution is 0.177. The number of anilines is 1. The van der Waals surface area contributed by atoms with E-state index in [1.807, 2.05) is 19.1 Å². The largest absolute Gasteiger partial charge is 0.380 e. The average Bonchev–Trinajstić information content (AvgIpc) is 2.34. The van der Waals surface area contributed by atoms with Gasteiger partial charge in [-0.1, -0.05) is 6.07 Å². The third kappa shape index (κ3) is 3.22. The van der Waals surface area contributed by atoms with E-state index in [0.717, 1.165) is 31.5 Å². The molecule has 0 saturated carbocycles. The number of piperidine rings is 1. The second kappa shape index (κ2) is 5.70. The summed E-state index contributed by atoms with van der Waals surface area (Å²) in [6, 6.07) is 6.26. The van der Waals surface area contributed by atoms with Gasteiger partial charge in [-0.05, 0) is 51.3 Å². The van der Waals surface area contributed by atoms with Crippen molar-refractivity contribution in [1.82, 2.24) is 4.90 Å². The first-order valence-corrected chi connectivity index (χ1v) is 6.83. The lowest BCUT2D eigenvalue weighted by atomic mass is 10.0. The molecule has 1 aromatic rings. The molecule has 18 heavy (non-hydrogen) atoms. The maximum Gasteiger partial charge on any atom is 0.146 e. The Balaban J connectivity index is 1.93. The summed E-state index contributed by atoms with van der Waals surface area (Å²) in [5, 5.41) is 3.35. The van der Waals surface area contributed by atoms with E-state index < -0.39 is 0 Å². The predicted molar refractivity (Wildman–Crippen MR) is 74.5 cm³/mol. The molecule has 0 amide bonds. The maximum atomic E-state index is 13.7. The van der Waals surface area contributed by atoms with Crippen LogP contribution in [0.25, 0.3) is 0 Å². The first kappa shape index (κ1) is 13.3. The minimum atomic E-state index is -0.146. The van der Waals surface area contributed by atoms with Crippen molar-refractivity contribution < 1.29 is 4.39 Å². The van der Waals surface area contributed by atoms with Crippen molar-refractivity contribution in [2.45, 2.75) is 45.7 Å². The molecule has 2 rings (SSSR count). The highest BCUT2D eigenvalue weighted by Gasteiger charge is 2.21. The van der Waals surface area contributed by atoms with Gasteiger partial charge in [-0.3, -0.25) is 0 Å². The monoisotopic (exact) mass is 250 g/mol. The molecular weight excluding hydrogens is 227 g/mol. The van der Waals surface area contributed by atoms with Gasteiger partial charge in [-0.25, -0.2) is 4.39 Å². The molecule has 1 aliphatic heterocycles. The van der Waals surface area contributed by atoms with Crippen LogP contribution in [0.1, 0.15) is 32.3 Å². The van der Waals surface area contributed by atoms with Gasteiger partial charge in [0.1, 0.15) is 5.82 Å². The fourth-order valence-corrected chi connectivity index (χ4v) is 2.53. The van der Waals surface area contributed by atoms with Gasteiger partial charge in [-0.2, -0.15) is 0 Å². The van der Waals surface area contributed by atoms with E-state index >= 15 is 0 Å². The Bertz CT molecular complexity index is 395. The van der Waals surface area contributed by atoms with Gasteiger partial charge < -0.3 is 10.2 Å². The zero-order valence-corrected chi connectivity index (χ0v) is 11.5. The highest BCUT2D eigenvalue weighted by atomic mass is 19.1. The number of benzene rings is 1. The minimum Gasteiger partial charge on any atom is -0.380 e. The number of halogens is 1. The Morgan fingerprint density at radius 2 is 1.94 bits per heavy atom. The summed E-state index contributed by atoms with van der Waals surface area (Å²) in [5.41, 5.74) is 1.75. The third-order valence-corrected chi connectivity index (χ3v) is 3.74. The standard InChI is InChI=1S/C15H23FN2/c1-11(2)18-8-6-13(7-9-18)17-15-10-12(3)4-5-14(15)16/h4-5,10-11,13,17H,6-9H2,1-3H3. The molecule has 0 radical (unpaired) electrons. The molecule has 2 nitrogen and oxygen atoms in total. The first-order valence-electron chi connectivity index (χ1n) is 6.83. The second-order valence-electron chi connectivity index (χ2n) is 5.53. The average molecular weight is 250 g/mol. The number of likely N-dealkylation sites (tertiary alicyclic amines) is 1. The number of rotatable bonds is 3. The maximum absolute atomic E-state index is 13.7. The van der Waals surface area contributed by atoms with Gasteiger partial charge in [0.25, 0.3) is 0 Å². The molecule has 1 heterocycles. The topological polar surface area (TPSA) is 15.3 Å². The molecule has 1 N–H and O–H groups in total. The quantitative estimate of drug-likeness (QED) is 0.884. The Morgan fingerprint density at radius 3 is 2.56 bits per heavy atom. The molecule has 100 valence electrons. The predicted octanol–water partition coefficient (Wildman–Crippen LogP) is 3.42. The summed E-state index contributed by atoms with van der Waals surface area (Å²) in [6.45, 7) is 8.65. The van der Waals surface area contributed by atoms with Crippen LogP contribution in [0.15, 0.2) is 18.2 Å². The van der Waals surface area contributed by atoms with Crippen LogP contribution in [-0.2, 0) is 0 Å². The van der Waals surface area contributed by atoms with Crippen LogP contribution >= 0.6 is 0 Å². The van der Waals surface area contributed by atoms with Crippen molar-refractivity contribution in [3.05, 3.63) is 29.6 Å². The highest BCUT2D eigenvalue weighted by Crippen LogP contribution is 2.21. The van der Waals surface area contributed by atoms with Crippen LogP contribution in [-0.4, -0.2) is 30.1 Å². The summed E-state index contributed by atoms with van der Waals surface area (Å²) < 4.78 is 13.7. The zero-order valence-electron chi connectivity index (χ0n) is 11.5. The Morgan fingerprint density at radius 1 is 1.28 bits per heavy atom. The lowest BCUT2D eigenvalue weighted by Gasteiger charge is -2.35. The molecule has 0 unspecified atom stereocenters. The Hall–Kier alpha value is -1.09. The molecule has 3 heteroatoms. The number of aryl methyl sites for hydroxylation is 1. The number of nitrogens with one attached hydrogen (secondary N) is 1. The molecule has 0 aliphatic carbocycles. The molecule has 0 bridgehead atoms. The summed E-state index contributed by atoms with van der Waals surface area (Å²) >= 11 is 0. The van der Waals surface area contributed by atoms with Crippen LogP contribution in [0, 0.1) is 12.7 Å². The Kier molecular flexibility index (Phi) is 4.23. The molecule has 0 aromatic heterocycles. The fourth-order valence-electron chi connectivity index (χ4n) is 2.53. The van der Waals surface area contributed by atoms with Gasteiger partial charge in [0.15, 0.2) is 0 Å². The molecular formula is C15H23FN2. The van der Waals surface area contributed by atoms with Crippen molar-refractivity contribution >= 4 is 5.69 Å². The van der Waals surface area contributed by atoms with Gasteiger partial charge in [0.05, 0.1) is 5.69 Å². The van der Waals surface area contributed by atoms with Crippen LogP contribution in [0.4, 0.5) is 10.1 Å². The van der Waals surface area contributed by atoms with Gasteiger partial charge >= 0.3 is 0 Å². The van der Waals surface area contributed by atoms with Crippen LogP contribution < -0.4 is 5.32 Å². The summed E-state index contributed by atoms with van der Waals surface area (Å²) in [4.78, 5) is 2.48. The zero-order chi connectivity index (χ0) is 13.1. The molecule has 1 saturated heterocycles. The van der Waals surface area contributed by atoms with E-state index in [4.69, 9.17) is 0 Å². The Labute approximate surface area is 109 Å². The van der Waals surface area contributed by atoms with E-state index in [1.165, 1.54) is 0 Å². The minimum absolute atomic E-state index is 0.146. The van der Waals surface area contributed by atoms with E-state index in [9.17, 15) is 4.39 Å². The van der Waals surface area contributed by atoms with Gasteiger partial charge in [0.2, 0.25) is 0 Å². The number of hydrogen-bond acceptors (Lipinski definition) is 2. The van der Waals surface area contributed by atoms with Crippen LogP contribution in [0.5, 0.6) is 0 Å². The van der Waals surface area contributed by atoms with Gasteiger partial charge in [0, 0.05) is 25.2 Å². The lowest BCUT2D eigenvalue weighted by Crippen LogP contribution is -2.42. The van der Waals surface area contributed by atoms with Crippen molar-refractivity contribution in [1.29, 1.82) is 0 Å². The van der Waals surface area contributed by atoms with Crippen molar-refractivity contribution in [2.24, 2.45) is 0 Å². The molecule has 1 fully saturated rings. The van der Waals surface area contributed by atoms with E-state index in [-0.39, 0.29) is 5.82 Å². The van der Waals surface area contributed by atoms with Crippen molar-refractivity contribution in [3.63, 3.8) is 0 Å². The molecule has 0 spiro atoms. The fraction of sp³-hybridized carbons (Fsp3) is 0.600. The number of nitrogens with zero attached hydrogens (tertiary/aromatic N) is 1. The van der Waals surface area contributed by atoms with Crippen LogP contribution in [0.2, 0.25) is 0 Å². The first-order chi connectivity index (χ1) is 8.56. The summed E-state index contributed by atoms with van der Waals surface area (Å²) in [6.07, 6.45) is 2.18. The third-order valence-electron chi connectivity index (χ3n) is 3.74. The summed E-state index contributed by atoms with van der Waals surface area (Å²) in [7, 11) is 0. The second-order valence-corrected chi connectivity index (χ2v) is 5.53. The SMILES string of the molecule is Cc1ccc(F)c(NC2CCN(C(C)C)CC2)c1. The molecule has 1 aromatic carbocycles. The van der Waals surface area contributed by atoms with Gasteiger partial charge in [-0.15, -0.1) is 0 Å².